The maximum Gasteiger partial charge on any atom is 0.306 e. The summed E-state index contributed by atoms with van der Waals surface area (Å²) in [5, 5.41) is 0. The van der Waals surface area contributed by atoms with Crippen LogP contribution in [0.5, 0.6) is 0 Å². The summed E-state index contributed by atoms with van der Waals surface area (Å²) in [6, 6.07) is 0. The van der Waals surface area contributed by atoms with Crippen molar-refractivity contribution < 1.29 is 28.6 Å². The number of carbonyl (C=O) groups excluding carboxylic acids is 3. The van der Waals surface area contributed by atoms with Crippen molar-refractivity contribution in [1.29, 1.82) is 0 Å². The SMILES string of the molecule is CCCCCCCCCCCCCCCCCCCCCCCC(=O)OC(COC(=O)CCCCCCCCCCCCC)COC(=O)CCCCCCCCCCCCC. The Labute approximate surface area is 380 Å². The van der Waals surface area contributed by atoms with Crippen LogP contribution in [0.15, 0.2) is 0 Å². The van der Waals surface area contributed by atoms with Gasteiger partial charge in [-0.2, -0.15) is 0 Å². The van der Waals surface area contributed by atoms with Gasteiger partial charge < -0.3 is 14.2 Å². The summed E-state index contributed by atoms with van der Waals surface area (Å²) in [7, 11) is 0. The van der Waals surface area contributed by atoms with E-state index in [-0.39, 0.29) is 31.1 Å². The fourth-order valence-electron chi connectivity index (χ4n) is 8.45. The van der Waals surface area contributed by atoms with Crippen LogP contribution in [0.1, 0.15) is 316 Å². The van der Waals surface area contributed by atoms with Crippen LogP contribution in [0.4, 0.5) is 0 Å². The second kappa shape index (κ2) is 51.0. The average molecular weight is 863 g/mol. The van der Waals surface area contributed by atoms with Crippen LogP contribution < -0.4 is 0 Å². The molecule has 0 bridgehead atoms. The first-order chi connectivity index (χ1) is 30.0. The lowest BCUT2D eigenvalue weighted by Crippen LogP contribution is -2.30. The van der Waals surface area contributed by atoms with Gasteiger partial charge in [-0.25, -0.2) is 0 Å². The molecule has 362 valence electrons. The molecule has 0 rings (SSSR count). The van der Waals surface area contributed by atoms with Crippen molar-refractivity contribution >= 4 is 17.9 Å². The number of carbonyl (C=O) groups is 3. The molecule has 0 aliphatic carbocycles. The van der Waals surface area contributed by atoms with Crippen molar-refractivity contribution in [1.82, 2.24) is 0 Å². The highest BCUT2D eigenvalue weighted by molar-refractivity contribution is 5.71. The summed E-state index contributed by atoms with van der Waals surface area (Å²) in [4.78, 5) is 37.9. The van der Waals surface area contributed by atoms with Gasteiger partial charge in [-0.15, -0.1) is 0 Å². The van der Waals surface area contributed by atoms with E-state index in [4.69, 9.17) is 14.2 Å². The minimum Gasteiger partial charge on any atom is -0.462 e. The molecular formula is C55H106O6. The topological polar surface area (TPSA) is 78.9 Å². The van der Waals surface area contributed by atoms with Crippen LogP contribution in [0, 0.1) is 0 Å². The first-order valence-corrected chi connectivity index (χ1v) is 27.5. The summed E-state index contributed by atoms with van der Waals surface area (Å²) in [6.45, 7) is 6.68. The number of hydrogen-bond acceptors (Lipinski definition) is 6. The van der Waals surface area contributed by atoms with E-state index in [0.717, 1.165) is 57.8 Å². The van der Waals surface area contributed by atoms with E-state index < -0.39 is 6.10 Å². The van der Waals surface area contributed by atoms with Gasteiger partial charge in [0.05, 0.1) is 0 Å². The van der Waals surface area contributed by atoms with Gasteiger partial charge in [0.2, 0.25) is 0 Å². The van der Waals surface area contributed by atoms with Crippen LogP contribution in [0.3, 0.4) is 0 Å². The highest BCUT2D eigenvalue weighted by Gasteiger charge is 2.19. The Kier molecular flexibility index (Phi) is 49.7. The van der Waals surface area contributed by atoms with Crippen molar-refractivity contribution in [2.75, 3.05) is 13.2 Å². The minimum absolute atomic E-state index is 0.0619. The minimum atomic E-state index is -0.759. The lowest BCUT2D eigenvalue weighted by Gasteiger charge is -2.18. The Balaban J connectivity index is 4.20. The summed E-state index contributed by atoms with van der Waals surface area (Å²) < 4.78 is 16.8. The standard InChI is InChI=1S/C55H106O6/c1-4-7-10-13-16-19-22-23-24-25-26-27-28-29-30-31-34-37-40-43-46-49-55(58)61-52(50-59-53(56)47-44-41-38-35-32-20-17-14-11-8-5-2)51-60-54(57)48-45-42-39-36-33-21-18-15-12-9-6-3/h52H,4-51H2,1-3H3. The fourth-order valence-corrected chi connectivity index (χ4v) is 8.45. The molecule has 0 unspecified atom stereocenters. The van der Waals surface area contributed by atoms with Crippen molar-refractivity contribution in [2.45, 2.75) is 322 Å². The molecule has 6 heteroatoms. The molecule has 0 aromatic carbocycles. The number of hydrogen-bond donors (Lipinski definition) is 0. The van der Waals surface area contributed by atoms with Crippen molar-refractivity contribution in [3.05, 3.63) is 0 Å². The van der Waals surface area contributed by atoms with Gasteiger partial charge in [0.15, 0.2) is 6.10 Å². The zero-order valence-electron chi connectivity index (χ0n) is 41.5. The van der Waals surface area contributed by atoms with E-state index in [2.05, 4.69) is 20.8 Å². The van der Waals surface area contributed by atoms with Gasteiger partial charge in [0.25, 0.3) is 0 Å². The van der Waals surface area contributed by atoms with Gasteiger partial charge in [-0.05, 0) is 19.3 Å². The van der Waals surface area contributed by atoms with E-state index in [1.165, 1.54) is 218 Å². The first-order valence-electron chi connectivity index (χ1n) is 27.5. The molecular weight excluding hydrogens is 757 g/mol. The predicted molar refractivity (Wildman–Crippen MR) is 261 cm³/mol. The third-order valence-electron chi connectivity index (χ3n) is 12.6. The molecule has 0 spiro atoms. The van der Waals surface area contributed by atoms with Gasteiger partial charge in [-0.1, -0.05) is 278 Å². The molecule has 0 heterocycles. The monoisotopic (exact) mass is 863 g/mol. The van der Waals surface area contributed by atoms with E-state index in [9.17, 15) is 14.4 Å². The zero-order chi connectivity index (χ0) is 44.4. The second-order valence-corrected chi connectivity index (χ2v) is 18.9. The van der Waals surface area contributed by atoms with Crippen LogP contribution in [0.25, 0.3) is 0 Å². The summed E-state index contributed by atoms with van der Waals surface area (Å²) in [5.74, 6) is -0.840. The lowest BCUT2D eigenvalue weighted by molar-refractivity contribution is -0.167. The van der Waals surface area contributed by atoms with Crippen molar-refractivity contribution in [3.8, 4) is 0 Å². The van der Waals surface area contributed by atoms with Crippen LogP contribution in [-0.4, -0.2) is 37.2 Å². The largest absolute Gasteiger partial charge is 0.462 e. The Morgan fingerprint density at radius 3 is 0.656 bits per heavy atom. The molecule has 0 saturated carbocycles. The Hall–Kier alpha value is -1.59. The first kappa shape index (κ1) is 59.4. The lowest BCUT2D eigenvalue weighted by atomic mass is 10.0. The maximum absolute atomic E-state index is 12.8. The zero-order valence-corrected chi connectivity index (χ0v) is 41.5. The smallest absolute Gasteiger partial charge is 0.306 e. The molecule has 0 aromatic heterocycles. The molecule has 0 fully saturated rings. The number of rotatable bonds is 51. The number of unbranched alkanes of at least 4 members (excludes halogenated alkanes) is 40. The molecule has 0 N–H and O–H groups in total. The van der Waals surface area contributed by atoms with Crippen LogP contribution in [-0.2, 0) is 28.6 Å². The molecule has 0 aliphatic heterocycles. The highest BCUT2D eigenvalue weighted by atomic mass is 16.6. The Bertz CT molecular complexity index is 863. The molecule has 61 heavy (non-hydrogen) atoms. The third-order valence-corrected chi connectivity index (χ3v) is 12.6. The molecule has 0 amide bonds. The quantitative estimate of drug-likeness (QED) is 0.0344. The van der Waals surface area contributed by atoms with E-state index in [0.29, 0.717) is 19.3 Å². The molecule has 0 radical (unpaired) electrons. The summed E-state index contributed by atoms with van der Waals surface area (Å²) >= 11 is 0. The predicted octanol–water partition coefficient (Wildman–Crippen LogP) is 18.0. The van der Waals surface area contributed by atoms with E-state index >= 15 is 0 Å². The normalized spacial score (nSPS) is 11.4. The third kappa shape index (κ3) is 49.3. The maximum atomic E-state index is 12.8. The van der Waals surface area contributed by atoms with Gasteiger partial charge >= 0.3 is 17.9 Å². The molecule has 0 aromatic rings. The van der Waals surface area contributed by atoms with Crippen LogP contribution in [0.2, 0.25) is 0 Å². The van der Waals surface area contributed by atoms with Crippen molar-refractivity contribution in [2.24, 2.45) is 0 Å². The average Bonchev–Trinajstić information content (AvgIpc) is 3.26. The number of esters is 3. The van der Waals surface area contributed by atoms with Gasteiger partial charge in [0.1, 0.15) is 13.2 Å². The summed E-state index contributed by atoms with van der Waals surface area (Å²) in [6.07, 6.45) is 55.2. The second-order valence-electron chi connectivity index (χ2n) is 18.9. The van der Waals surface area contributed by atoms with Gasteiger partial charge in [0, 0.05) is 19.3 Å². The molecule has 0 saturated heterocycles. The van der Waals surface area contributed by atoms with Gasteiger partial charge in [-0.3, -0.25) is 14.4 Å². The molecule has 0 aliphatic rings. The molecule has 6 nitrogen and oxygen atoms in total. The fraction of sp³-hybridized carbons (Fsp3) is 0.945. The number of ether oxygens (including phenoxy) is 3. The highest BCUT2D eigenvalue weighted by Crippen LogP contribution is 2.17. The Morgan fingerprint density at radius 1 is 0.262 bits per heavy atom. The summed E-state index contributed by atoms with van der Waals surface area (Å²) in [5.41, 5.74) is 0. The van der Waals surface area contributed by atoms with Crippen molar-refractivity contribution in [3.63, 3.8) is 0 Å². The van der Waals surface area contributed by atoms with E-state index in [1.54, 1.807) is 0 Å². The van der Waals surface area contributed by atoms with E-state index in [1.807, 2.05) is 0 Å². The Morgan fingerprint density at radius 2 is 0.443 bits per heavy atom. The van der Waals surface area contributed by atoms with Crippen LogP contribution >= 0.6 is 0 Å². The molecule has 0 atom stereocenters.